The second kappa shape index (κ2) is 9.57. The number of hydrogen-bond donors (Lipinski definition) is 3. The van der Waals surface area contributed by atoms with Crippen molar-refractivity contribution in [1.29, 1.82) is 0 Å². The number of hydrogen-bond acceptors (Lipinski definition) is 5. The maximum Gasteiger partial charge on any atom is 0.253 e. The van der Waals surface area contributed by atoms with Gasteiger partial charge in [0.1, 0.15) is 16.9 Å². The van der Waals surface area contributed by atoms with Crippen molar-refractivity contribution in [1.82, 2.24) is 10.2 Å². The number of aliphatic hydroxyl groups is 1. The molecule has 0 aromatic heterocycles. The molecule has 4 atom stereocenters. The van der Waals surface area contributed by atoms with Gasteiger partial charge in [0.25, 0.3) is 5.91 Å². The van der Waals surface area contributed by atoms with Gasteiger partial charge in [-0.05, 0) is 42.9 Å². The lowest BCUT2D eigenvalue weighted by molar-refractivity contribution is -0.146. The molecule has 33 heavy (non-hydrogen) atoms. The Morgan fingerprint density at radius 1 is 1.21 bits per heavy atom. The highest BCUT2D eigenvalue weighted by atomic mass is 32.2. The van der Waals surface area contributed by atoms with Crippen LogP contribution < -0.4 is 11.1 Å². The van der Waals surface area contributed by atoms with E-state index < -0.39 is 34.6 Å². The van der Waals surface area contributed by atoms with Crippen LogP contribution in [-0.2, 0) is 27.2 Å². The number of carbonyl (C=O) groups is 3. The van der Waals surface area contributed by atoms with Crippen molar-refractivity contribution in [2.24, 2.45) is 5.73 Å². The van der Waals surface area contributed by atoms with Crippen molar-refractivity contribution in [3.8, 4) is 0 Å². The molecule has 0 spiro atoms. The van der Waals surface area contributed by atoms with Gasteiger partial charge in [-0.25, -0.2) is 0 Å². The van der Waals surface area contributed by atoms with E-state index >= 15 is 0 Å². The van der Waals surface area contributed by atoms with E-state index in [-0.39, 0.29) is 11.9 Å². The first-order chi connectivity index (χ1) is 15.8. The minimum absolute atomic E-state index is 0.0911. The quantitative estimate of drug-likeness (QED) is 0.575. The Labute approximate surface area is 197 Å². The maximum absolute atomic E-state index is 13.4. The molecule has 1 aliphatic carbocycles. The molecule has 4 rings (SSSR count). The highest BCUT2D eigenvalue weighted by molar-refractivity contribution is 8.01. The summed E-state index contributed by atoms with van der Waals surface area (Å²) in [6.07, 6.45) is 2.11. The van der Waals surface area contributed by atoms with Crippen LogP contribution in [0, 0.1) is 6.42 Å². The third-order valence-electron chi connectivity index (χ3n) is 6.48. The van der Waals surface area contributed by atoms with Gasteiger partial charge in [0.2, 0.25) is 11.8 Å². The zero-order valence-corrected chi connectivity index (χ0v) is 19.3. The summed E-state index contributed by atoms with van der Waals surface area (Å²) in [5.41, 5.74) is 8.85. The summed E-state index contributed by atoms with van der Waals surface area (Å²) in [5.74, 6) is -1.63. The molecule has 0 saturated carbocycles. The van der Waals surface area contributed by atoms with Crippen molar-refractivity contribution < 1.29 is 19.5 Å². The van der Waals surface area contributed by atoms with Crippen LogP contribution in [0.4, 0.5) is 0 Å². The predicted molar refractivity (Wildman–Crippen MR) is 127 cm³/mol. The van der Waals surface area contributed by atoms with Gasteiger partial charge in [0.05, 0.1) is 11.9 Å². The van der Waals surface area contributed by atoms with Gasteiger partial charge in [0, 0.05) is 6.42 Å². The number of fused-ring (bicyclic) bond motifs is 1. The molecule has 2 aromatic rings. The van der Waals surface area contributed by atoms with Gasteiger partial charge in [0.15, 0.2) is 0 Å². The molecule has 1 unspecified atom stereocenters. The Morgan fingerprint density at radius 2 is 1.91 bits per heavy atom. The van der Waals surface area contributed by atoms with Crippen LogP contribution in [0.2, 0.25) is 0 Å². The number of benzene rings is 2. The summed E-state index contributed by atoms with van der Waals surface area (Å²) in [7, 11) is 0. The van der Waals surface area contributed by atoms with Crippen LogP contribution >= 0.6 is 11.8 Å². The number of aryl methyl sites for hydroxylation is 1. The molecule has 3 amide bonds. The lowest BCUT2D eigenvalue weighted by Crippen LogP contribution is -2.60. The highest BCUT2D eigenvalue weighted by Crippen LogP contribution is 2.41. The van der Waals surface area contributed by atoms with Crippen LogP contribution in [0.5, 0.6) is 0 Å². The zero-order valence-electron chi connectivity index (χ0n) is 18.4. The average molecular weight is 467 g/mol. The Kier molecular flexibility index (Phi) is 6.76. The fourth-order valence-electron chi connectivity index (χ4n) is 4.53. The van der Waals surface area contributed by atoms with E-state index in [0.717, 1.165) is 35.7 Å². The van der Waals surface area contributed by atoms with E-state index in [2.05, 4.69) is 5.32 Å². The molecule has 0 bridgehead atoms. The summed E-state index contributed by atoms with van der Waals surface area (Å²) in [6, 6.07) is 16.1. The number of aliphatic hydroxyl groups excluding tert-OH is 1. The second-order valence-electron chi connectivity index (χ2n) is 8.62. The van der Waals surface area contributed by atoms with E-state index in [1.54, 1.807) is 6.92 Å². The first-order valence-electron chi connectivity index (χ1n) is 11.0. The smallest absolute Gasteiger partial charge is 0.253 e. The molecule has 7 nitrogen and oxygen atoms in total. The largest absolute Gasteiger partial charge is 0.383 e. The molecular formula is C25H28N3O4S. The molecular weight excluding hydrogens is 438 g/mol. The van der Waals surface area contributed by atoms with E-state index in [0.29, 0.717) is 6.42 Å². The molecule has 1 heterocycles. The van der Waals surface area contributed by atoms with Crippen molar-refractivity contribution >= 4 is 29.5 Å². The fourth-order valence-corrected chi connectivity index (χ4v) is 5.75. The van der Waals surface area contributed by atoms with Gasteiger partial charge in [-0.2, -0.15) is 0 Å². The van der Waals surface area contributed by atoms with Crippen LogP contribution in [0.1, 0.15) is 36.1 Å². The van der Waals surface area contributed by atoms with Gasteiger partial charge in [-0.1, -0.05) is 54.6 Å². The molecule has 173 valence electrons. The summed E-state index contributed by atoms with van der Waals surface area (Å²) < 4.78 is -1.29. The normalized spacial score (nSPS) is 24.8. The van der Waals surface area contributed by atoms with Crippen LogP contribution in [0.25, 0.3) is 0 Å². The Morgan fingerprint density at radius 3 is 2.64 bits per heavy atom. The van der Waals surface area contributed by atoms with Gasteiger partial charge < -0.3 is 21.1 Å². The van der Waals surface area contributed by atoms with E-state index in [1.165, 1.54) is 16.9 Å². The van der Waals surface area contributed by atoms with Gasteiger partial charge >= 0.3 is 0 Å². The minimum Gasteiger partial charge on any atom is -0.383 e. The summed E-state index contributed by atoms with van der Waals surface area (Å²) in [4.78, 5) is 40.2. The maximum atomic E-state index is 13.4. The van der Waals surface area contributed by atoms with Crippen LogP contribution in [0.15, 0.2) is 54.6 Å². The molecule has 2 aliphatic rings. The Bertz CT molecular complexity index is 1050. The molecule has 8 heteroatoms. The number of amides is 3. The first-order valence-corrected chi connectivity index (χ1v) is 12.0. The fraction of sp³-hybridized carbons (Fsp3) is 0.360. The van der Waals surface area contributed by atoms with Crippen molar-refractivity contribution in [2.45, 2.75) is 49.1 Å². The SMILES string of the molecule is C[C@]1(C(N)=O)SCN(C(=O)[C@@H](O)[CH]Cc2ccccc2)C1C(=O)N[C@H]1CCc2ccccc21. The standard InChI is InChI=1S/C25H28N3O4S/c1-25(24(26)32)21(22(30)27-19-13-12-17-9-5-6-10-18(17)19)28(15-33-25)23(31)20(29)14-11-16-7-3-2-4-8-16/h2-10,14,19-21,29H,11-13,15H2,1H3,(H2,26,32)(H,27,30)/t19-,20-,21?,25-/m0/s1. The molecule has 1 aliphatic heterocycles. The van der Waals surface area contributed by atoms with E-state index in [1.807, 2.05) is 54.6 Å². The van der Waals surface area contributed by atoms with E-state index in [4.69, 9.17) is 5.73 Å². The molecule has 4 N–H and O–H groups in total. The van der Waals surface area contributed by atoms with Crippen LogP contribution in [-0.4, -0.2) is 50.5 Å². The summed E-state index contributed by atoms with van der Waals surface area (Å²) in [5, 5.41) is 13.6. The summed E-state index contributed by atoms with van der Waals surface area (Å²) >= 11 is 1.15. The van der Waals surface area contributed by atoms with Crippen LogP contribution in [0.3, 0.4) is 0 Å². The summed E-state index contributed by atoms with van der Waals surface area (Å²) in [6.45, 7) is 1.58. The number of nitrogens with one attached hydrogen (secondary N) is 1. The number of primary amides is 1. The molecule has 1 saturated heterocycles. The Hall–Kier alpha value is -2.84. The molecule has 1 radical (unpaired) electrons. The number of rotatable bonds is 7. The average Bonchev–Trinajstić information content (AvgIpc) is 3.39. The Balaban J connectivity index is 1.50. The lowest BCUT2D eigenvalue weighted by atomic mass is 9.96. The number of nitrogens with zero attached hydrogens (tertiary/aromatic N) is 1. The second-order valence-corrected chi connectivity index (χ2v) is 10.0. The third kappa shape index (κ3) is 4.63. The zero-order chi connectivity index (χ0) is 23.6. The van der Waals surface area contributed by atoms with Crippen molar-refractivity contribution in [3.05, 3.63) is 77.7 Å². The lowest BCUT2D eigenvalue weighted by Gasteiger charge is -2.32. The van der Waals surface area contributed by atoms with Crippen molar-refractivity contribution in [2.75, 3.05) is 5.88 Å². The first kappa shape index (κ1) is 23.3. The van der Waals surface area contributed by atoms with Gasteiger partial charge in [-0.3, -0.25) is 14.4 Å². The van der Waals surface area contributed by atoms with E-state index in [9.17, 15) is 19.5 Å². The number of thioether (sulfide) groups is 1. The topological polar surface area (TPSA) is 113 Å². The number of carbonyl (C=O) groups excluding carboxylic acids is 3. The predicted octanol–water partition coefficient (Wildman–Crippen LogP) is 1.74. The molecule has 2 aromatic carbocycles. The number of nitrogens with two attached hydrogens (primary N) is 1. The third-order valence-corrected chi connectivity index (χ3v) is 7.91. The molecule has 1 fully saturated rings. The van der Waals surface area contributed by atoms with Crippen molar-refractivity contribution in [3.63, 3.8) is 0 Å². The monoisotopic (exact) mass is 466 g/mol. The van der Waals surface area contributed by atoms with Gasteiger partial charge in [-0.15, -0.1) is 11.8 Å². The highest BCUT2D eigenvalue weighted by Gasteiger charge is 2.55. The minimum atomic E-state index is -1.40.